The summed E-state index contributed by atoms with van der Waals surface area (Å²) in [5.41, 5.74) is 5.33. The summed E-state index contributed by atoms with van der Waals surface area (Å²) >= 11 is 1.56. The maximum Gasteiger partial charge on any atom is 0.410 e. The van der Waals surface area contributed by atoms with E-state index in [-0.39, 0.29) is 24.0 Å². The first kappa shape index (κ1) is 17.6. The molecule has 0 aromatic carbocycles. The van der Waals surface area contributed by atoms with Crippen LogP contribution < -0.4 is 5.73 Å². The Balaban J connectivity index is 1.98. The van der Waals surface area contributed by atoms with Crippen molar-refractivity contribution in [3.8, 4) is 0 Å². The molecule has 1 aliphatic heterocycles. The summed E-state index contributed by atoms with van der Waals surface area (Å²) in [5, 5.41) is 14.1. The number of likely N-dealkylation sites (N-methyl/N-ethyl adjacent to an activating group) is 1. The predicted octanol–water partition coefficient (Wildman–Crippen LogP) is 2.09. The van der Waals surface area contributed by atoms with E-state index in [0.717, 1.165) is 4.88 Å². The van der Waals surface area contributed by atoms with Crippen molar-refractivity contribution in [2.24, 2.45) is 10.9 Å². The number of carbonyl (C=O) groups excluding carboxylic acids is 1. The molecule has 0 spiro atoms. The minimum Gasteiger partial charge on any atom is -0.444 e. The Morgan fingerprint density at radius 1 is 1.57 bits per heavy atom. The van der Waals surface area contributed by atoms with E-state index in [2.05, 4.69) is 10.1 Å². The van der Waals surface area contributed by atoms with Gasteiger partial charge < -0.3 is 20.6 Å². The lowest BCUT2D eigenvalue weighted by Gasteiger charge is -2.46. The molecule has 3 N–H and O–H groups in total. The van der Waals surface area contributed by atoms with Gasteiger partial charge in [0, 0.05) is 25.0 Å². The minimum atomic E-state index is -0.512. The molecule has 7 nitrogen and oxygen atoms in total. The molecule has 0 radical (unpaired) electrons. The van der Waals surface area contributed by atoms with E-state index in [4.69, 9.17) is 15.7 Å². The predicted molar refractivity (Wildman–Crippen MR) is 89.8 cm³/mol. The fraction of sp³-hybridized carbons (Fsp3) is 0.600. The fourth-order valence-electron chi connectivity index (χ4n) is 2.44. The first-order valence-electron chi connectivity index (χ1n) is 7.43. The summed E-state index contributed by atoms with van der Waals surface area (Å²) in [6.07, 6.45) is -0.335. The SMILES string of the molecule is CN(C(=O)OC(C)(C)C)C1CN(C(/C(N)=N/O)c2cccs2)C1. The molecular formula is C15H24N4O3S. The highest BCUT2D eigenvalue weighted by molar-refractivity contribution is 7.10. The third-order valence-corrected chi connectivity index (χ3v) is 4.62. The molecule has 1 saturated heterocycles. The molecule has 1 unspecified atom stereocenters. The molecule has 1 aliphatic rings. The van der Waals surface area contributed by atoms with Crippen molar-refractivity contribution >= 4 is 23.3 Å². The number of nitrogens with two attached hydrogens (primary N) is 1. The van der Waals surface area contributed by atoms with Crippen LogP contribution in [0.3, 0.4) is 0 Å². The number of ether oxygens (including phenoxy) is 1. The van der Waals surface area contributed by atoms with Crippen LogP contribution in [-0.2, 0) is 4.74 Å². The maximum absolute atomic E-state index is 12.1. The van der Waals surface area contributed by atoms with Crippen molar-refractivity contribution in [2.75, 3.05) is 20.1 Å². The molecule has 1 aromatic rings. The number of carbonyl (C=O) groups is 1. The monoisotopic (exact) mass is 340 g/mol. The number of oxime groups is 1. The van der Waals surface area contributed by atoms with Crippen LogP contribution >= 0.6 is 11.3 Å². The summed E-state index contributed by atoms with van der Waals surface area (Å²) in [5.74, 6) is 0.158. The zero-order valence-electron chi connectivity index (χ0n) is 13.9. The van der Waals surface area contributed by atoms with E-state index in [0.29, 0.717) is 13.1 Å². The summed E-state index contributed by atoms with van der Waals surface area (Å²) in [4.78, 5) is 16.8. The maximum atomic E-state index is 12.1. The fourth-order valence-corrected chi connectivity index (χ4v) is 3.31. The highest BCUT2D eigenvalue weighted by atomic mass is 32.1. The van der Waals surface area contributed by atoms with Gasteiger partial charge in [-0.05, 0) is 32.2 Å². The molecule has 8 heteroatoms. The molecule has 0 saturated carbocycles. The van der Waals surface area contributed by atoms with Gasteiger partial charge in [0.2, 0.25) is 0 Å². The number of likely N-dealkylation sites (tertiary alicyclic amines) is 1. The van der Waals surface area contributed by atoms with E-state index in [1.165, 1.54) is 0 Å². The van der Waals surface area contributed by atoms with Gasteiger partial charge in [0.05, 0.1) is 6.04 Å². The van der Waals surface area contributed by atoms with E-state index in [1.54, 1.807) is 23.3 Å². The molecule has 2 heterocycles. The average molecular weight is 340 g/mol. The lowest BCUT2D eigenvalue weighted by atomic mass is 10.0. The quantitative estimate of drug-likeness (QED) is 0.379. The van der Waals surface area contributed by atoms with Gasteiger partial charge in [-0.1, -0.05) is 11.2 Å². The van der Waals surface area contributed by atoms with E-state index >= 15 is 0 Å². The smallest absolute Gasteiger partial charge is 0.410 e. The van der Waals surface area contributed by atoms with Crippen molar-refractivity contribution in [1.82, 2.24) is 9.80 Å². The first-order chi connectivity index (χ1) is 10.7. The summed E-state index contributed by atoms with van der Waals surface area (Å²) < 4.78 is 5.38. The Morgan fingerprint density at radius 3 is 2.70 bits per heavy atom. The van der Waals surface area contributed by atoms with Crippen molar-refractivity contribution < 1.29 is 14.7 Å². The van der Waals surface area contributed by atoms with Gasteiger partial charge in [-0.15, -0.1) is 11.3 Å². The summed E-state index contributed by atoms with van der Waals surface area (Å²) in [6, 6.07) is 3.68. The second kappa shape index (κ2) is 6.76. The third-order valence-electron chi connectivity index (χ3n) is 3.69. The van der Waals surface area contributed by atoms with E-state index in [9.17, 15) is 4.79 Å². The second-order valence-corrected chi connectivity index (χ2v) is 7.62. The number of hydrogen-bond donors (Lipinski definition) is 2. The highest BCUT2D eigenvalue weighted by Gasteiger charge is 2.40. The third kappa shape index (κ3) is 4.14. The van der Waals surface area contributed by atoms with Crippen LogP contribution in [0.4, 0.5) is 4.79 Å². The van der Waals surface area contributed by atoms with Crippen molar-refractivity contribution in [1.29, 1.82) is 0 Å². The molecule has 0 bridgehead atoms. The topological polar surface area (TPSA) is 91.4 Å². The van der Waals surface area contributed by atoms with Crippen LogP contribution in [0.5, 0.6) is 0 Å². The van der Waals surface area contributed by atoms with Crippen molar-refractivity contribution in [3.63, 3.8) is 0 Å². The van der Waals surface area contributed by atoms with E-state index < -0.39 is 5.60 Å². The van der Waals surface area contributed by atoms with Crippen LogP contribution in [0.2, 0.25) is 0 Å². The normalized spacial score (nSPS) is 18.3. The van der Waals surface area contributed by atoms with Gasteiger partial charge in [-0.25, -0.2) is 4.79 Å². The van der Waals surface area contributed by atoms with Crippen LogP contribution in [-0.4, -0.2) is 58.7 Å². The zero-order chi connectivity index (χ0) is 17.2. The molecular weight excluding hydrogens is 316 g/mol. The molecule has 1 amide bonds. The van der Waals surface area contributed by atoms with Crippen LogP contribution in [0.15, 0.2) is 22.7 Å². The Morgan fingerprint density at radius 2 is 2.22 bits per heavy atom. The standard InChI is InChI=1S/C15H24N4O3S/c1-15(2,3)22-14(20)18(4)10-8-19(9-10)12(13(16)17-21)11-6-5-7-23-11/h5-7,10,12,21H,8-9H2,1-4H3,(H2,16,17). The van der Waals surface area contributed by atoms with Crippen LogP contribution in [0.25, 0.3) is 0 Å². The lowest BCUT2D eigenvalue weighted by molar-refractivity contribution is -0.00865. The minimum absolute atomic E-state index is 0.0544. The number of hydrogen-bond acceptors (Lipinski definition) is 6. The Labute approximate surface area is 140 Å². The largest absolute Gasteiger partial charge is 0.444 e. The second-order valence-electron chi connectivity index (χ2n) is 6.64. The van der Waals surface area contributed by atoms with Gasteiger partial charge >= 0.3 is 6.09 Å². The van der Waals surface area contributed by atoms with E-state index in [1.807, 2.05) is 38.3 Å². The summed E-state index contributed by atoms with van der Waals surface area (Å²) in [6.45, 7) is 6.83. The molecule has 23 heavy (non-hydrogen) atoms. The molecule has 128 valence electrons. The number of amides is 1. The highest BCUT2D eigenvalue weighted by Crippen LogP contribution is 2.31. The Kier molecular flexibility index (Phi) is 5.16. The van der Waals surface area contributed by atoms with Crippen molar-refractivity contribution in [3.05, 3.63) is 22.4 Å². The number of thiophene rings is 1. The lowest BCUT2D eigenvalue weighted by Crippen LogP contribution is -2.62. The van der Waals surface area contributed by atoms with Gasteiger partial charge in [-0.3, -0.25) is 4.90 Å². The van der Waals surface area contributed by atoms with Gasteiger partial charge in [0.25, 0.3) is 0 Å². The van der Waals surface area contributed by atoms with Gasteiger partial charge in [0.15, 0.2) is 5.84 Å². The molecule has 0 aliphatic carbocycles. The van der Waals surface area contributed by atoms with Crippen LogP contribution in [0.1, 0.15) is 31.7 Å². The number of amidine groups is 1. The number of rotatable bonds is 4. The molecule has 1 fully saturated rings. The summed E-state index contributed by atoms with van der Waals surface area (Å²) in [7, 11) is 1.74. The molecule has 1 atom stereocenters. The molecule has 1 aromatic heterocycles. The first-order valence-corrected chi connectivity index (χ1v) is 8.31. The van der Waals surface area contributed by atoms with Gasteiger partial charge in [-0.2, -0.15) is 0 Å². The number of nitrogens with zero attached hydrogens (tertiary/aromatic N) is 3. The Bertz CT molecular complexity index is 562. The van der Waals surface area contributed by atoms with Gasteiger partial charge in [0.1, 0.15) is 11.6 Å². The zero-order valence-corrected chi connectivity index (χ0v) is 14.7. The van der Waals surface area contributed by atoms with Crippen LogP contribution in [0, 0.1) is 0 Å². The Hall–Kier alpha value is -1.80. The molecule has 2 rings (SSSR count). The average Bonchev–Trinajstić information content (AvgIpc) is 2.92. The van der Waals surface area contributed by atoms with Crippen molar-refractivity contribution in [2.45, 2.75) is 38.5 Å².